The molecule has 0 heterocycles. The lowest BCUT2D eigenvalue weighted by Gasteiger charge is -2.21. The first-order valence-corrected chi connectivity index (χ1v) is 7.12. The number of nitrogens with zero attached hydrogens (tertiary/aromatic N) is 1. The molecule has 3 heteroatoms. The van der Waals surface area contributed by atoms with Crippen molar-refractivity contribution >= 4 is 0 Å². The molecule has 0 aliphatic heterocycles. The van der Waals surface area contributed by atoms with E-state index in [0.29, 0.717) is 6.04 Å². The SMILES string of the molecule is C[C@H](NCc1ccccc1OCC#N)C1CCCC1. The van der Waals surface area contributed by atoms with Crippen LogP contribution in [0.1, 0.15) is 38.2 Å². The van der Waals surface area contributed by atoms with Crippen molar-refractivity contribution in [3.8, 4) is 11.8 Å². The molecule has 19 heavy (non-hydrogen) atoms. The minimum absolute atomic E-state index is 0.106. The molecule has 1 N–H and O–H groups in total. The molecule has 0 spiro atoms. The van der Waals surface area contributed by atoms with Gasteiger partial charge in [0, 0.05) is 18.2 Å². The van der Waals surface area contributed by atoms with Crippen LogP contribution in [0, 0.1) is 17.2 Å². The van der Waals surface area contributed by atoms with E-state index in [1.807, 2.05) is 24.3 Å². The van der Waals surface area contributed by atoms with Crippen molar-refractivity contribution in [2.45, 2.75) is 45.2 Å². The Labute approximate surface area is 115 Å². The molecular weight excluding hydrogens is 236 g/mol. The minimum Gasteiger partial charge on any atom is -0.478 e. The second-order valence-corrected chi connectivity index (χ2v) is 5.27. The van der Waals surface area contributed by atoms with Crippen molar-refractivity contribution in [1.82, 2.24) is 5.32 Å². The van der Waals surface area contributed by atoms with Gasteiger partial charge < -0.3 is 10.1 Å². The summed E-state index contributed by atoms with van der Waals surface area (Å²) in [6, 6.07) is 10.5. The molecule has 1 saturated carbocycles. The van der Waals surface area contributed by atoms with Crippen molar-refractivity contribution in [3.63, 3.8) is 0 Å². The molecule has 1 fully saturated rings. The van der Waals surface area contributed by atoms with Gasteiger partial charge in [-0.25, -0.2) is 0 Å². The number of para-hydroxylation sites is 1. The average molecular weight is 258 g/mol. The van der Waals surface area contributed by atoms with Crippen LogP contribution in [0.5, 0.6) is 5.75 Å². The van der Waals surface area contributed by atoms with Crippen LogP contribution in [0.3, 0.4) is 0 Å². The summed E-state index contributed by atoms with van der Waals surface area (Å²) >= 11 is 0. The van der Waals surface area contributed by atoms with Gasteiger partial charge in [0.15, 0.2) is 6.61 Å². The predicted molar refractivity (Wildman–Crippen MR) is 75.8 cm³/mol. The Morgan fingerprint density at radius 1 is 1.37 bits per heavy atom. The normalized spacial score (nSPS) is 17.1. The highest BCUT2D eigenvalue weighted by Gasteiger charge is 2.21. The van der Waals surface area contributed by atoms with Crippen LogP contribution in [-0.4, -0.2) is 12.6 Å². The van der Waals surface area contributed by atoms with Crippen LogP contribution in [0.25, 0.3) is 0 Å². The summed E-state index contributed by atoms with van der Waals surface area (Å²) in [5.41, 5.74) is 1.13. The monoisotopic (exact) mass is 258 g/mol. The third-order valence-corrected chi connectivity index (χ3v) is 3.99. The Hall–Kier alpha value is -1.53. The van der Waals surface area contributed by atoms with Crippen LogP contribution < -0.4 is 10.1 Å². The van der Waals surface area contributed by atoms with Gasteiger partial charge in [-0.3, -0.25) is 0 Å². The van der Waals surface area contributed by atoms with Crippen molar-refractivity contribution in [1.29, 1.82) is 5.26 Å². The number of nitriles is 1. The summed E-state index contributed by atoms with van der Waals surface area (Å²) in [7, 11) is 0. The molecular formula is C16H22N2O. The molecule has 1 atom stereocenters. The van der Waals surface area contributed by atoms with Crippen LogP contribution >= 0.6 is 0 Å². The molecule has 2 rings (SSSR count). The molecule has 3 nitrogen and oxygen atoms in total. The first-order valence-electron chi connectivity index (χ1n) is 7.12. The van der Waals surface area contributed by atoms with Crippen LogP contribution in [0.15, 0.2) is 24.3 Å². The highest BCUT2D eigenvalue weighted by Crippen LogP contribution is 2.28. The smallest absolute Gasteiger partial charge is 0.174 e. The van der Waals surface area contributed by atoms with E-state index >= 15 is 0 Å². The summed E-state index contributed by atoms with van der Waals surface area (Å²) < 4.78 is 5.44. The third kappa shape index (κ3) is 3.97. The van der Waals surface area contributed by atoms with Gasteiger partial charge in [-0.05, 0) is 31.7 Å². The first kappa shape index (κ1) is 13.9. The second-order valence-electron chi connectivity index (χ2n) is 5.27. The average Bonchev–Trinajstić information content (AvgIpc) is 2.97. The van der Waals surface area contributed by atoms with E-state index in [2.05, 4.69) is 18.3 Å². The van der Waals surface area contributed by atoms with Crippen LogP contribution in [0.4, 0.5) is 0 Å². The molecule has 1 aromatic rings. The van der Waals surface area contributed by atoms with Crippen LogP contribution in [-0.2, 0) is 6.54 Å². The quantitative estimate of drug-likeness (QED) is 0.852. The number of nitrogens with one attached hydrogen (secondary N) is 1. The Kier molecular flexibility index (Phi) is 5.23. The first-order chi connectivity index (χ1) is 9.31. The highest BCUT2D eigenvalue weighted by molar-refractivity contribution is 5.33. The van der Waals surface area contributed by atoms with E-state index in [0.717, 1.165) is 23.8 Å². The lowest BCUT2D eigenvalue weighted by Crippen LogP contribution is -2.31. The maximum Gasteiger partial charge on any atom is 0.174 e. The van der Waals surface area contributed by atoms with E-state index in [9.17, 15) is 0 Å². The van der Waals surface area contributed by atoms with Gasteiger partial charge in [-0.2, -0.15) is 5.26 Å². The molecule has 1 aromatic carbocycles. The van der Waals surface area contributed by atoms with E-state index in [1.54, 1.807) is 0 Å². The highest BCUT2D eigenvalue weighted by atomic mass is 16.5. The van der Waals surface area contributed by atoms with Crippen LogP contribution in [0.2, 0.25) is 0 Å². The van der Waals surface area contributed by atoms with Gasteiger partial charge in [0.1, 0.15) is 11.8 Å². The van der Waals surface area contributed by atoms with E-state index in [-0.39, 0.29) is 6.61 Å². The van der Waals surface area contributed by atoms with Gasteiger partial charge >= 0.3 is 0 Å². The van der Waals surface area contributed by atoms with Gasteiger partial charge in [0.05, 0.1) is 0 Å². The summed E-state index contributed by atoms with van der Waals surface area (Å²) in [6.45, 7) is 3.18. The summed E-state index contributed by atoms with van der Waals surface area (Å²) in [6.07, 6.45) is 5.44. The number of hydrogen-bond donors (Lipinski definition) is 1. The minimum atomic E-state index is 0.106. The van der Waals surface area contributed by atoms with E-state index in [1.165, 1.54) is 25.7 Å². The Morgan fingerprint density at radius 3 is 2.84 bits per heavy atom. The van der Waals surface area contributed by atoms with Crippen molar-refractivity contribution in [2.24, 2.45) is 5.92 Å². The Morgan fingerprint density at radius 2 is 2.11 bits per heavy atom. The van der Waals surface area contributed by atoms with E-state index in [4.69, 9.17) is 10.00 Å². The Bertz CT molecular complexity index is 433. The number of rotatable bonds is 6. The zero-order valence-electron chi connectivity index (χ0n) is 11.6. The number of benzene rings is 1. The van der Waals surface area contributed by atoms with Crippen molar-refractivity contribution < 1.29 is 4.74 Å². The van der Waals surface area contributed by atoms with Crippen molar-refractivity contribution in [2.75, 3.05) is 6.61 Å². The topological polar surface area (TPSA) is 45.0 Å². The molecule has 0 saturated heterocycles. The van der Waals surface area contributed by atoms with Crippen molar-refractivity contribution in [3.05, 3.63) is 29.8 Å². The van der Waals surface area contributed by atoms with Gasteiger partial charge in [-0.1, -0.05) is 31.0 Å². The zero-order valence-corrected chi connectivity index (χ0v) is 11.6. The molecule has 0 bridgehead atoms. The summed E-state index contributed by atoms with van der Waals surface area (Å²) in [5, 5.41) is 12.2. The number of ether oxygens (including phenoxy) is 1. The Balaban J connectivity index is 1.89. The lowest BCUT2D eigenvalue weighted by molar-refractivity contribution is 0.352. The molecule has 0 amide bonds. The molecule has 0 unspecified atom stereocenters. The predicted octanol–water partition coefficient (Wildman–Crippen LogP) is 3.26. The molecule has 0 radical (unpaired) electrons. The molecule has 102 valence electrons. The summed E-state index contributed by atoms with van der Waals surface area (Å²) in [5.74, 6) is 1.63. The second kappa shape index (κ2) is 7.16. The zero-order chi connectivity index (χ0) is 13.5. The third-order valence-electron chi connectivity index (χ3n) is 3.99. The number of hydrogen-bond acceptors (Lipinski definition) is 3. The maximum atomic E-state index is 8.59. The van der Waals surface area contributed by atoms with Gasteiger partial charge in [-0.15, -0.1) is 0 Å². The fourth-order valence-electron chi connectivity index (χ4n) is 2.80. The molecule has 0 aromatic heterocycles. The van der Waals surface area contributed by atoms with E-state index < -0.39 is 0 Å². The standard InChI is InChI=1S/C16H22N2O/c1-13(14-6-2-3-7-14)18-12-15-8-4-5-9-16(15)19-11-10-17/h4-5,8-9,13-14,18H,2-3,6-7,11-12H2,1H3/t13-/m0/s1. The fourth-order valence-corrected chi connectivity index (χ4v) is 2.80. The van der Waals surface area contributed by atoms with Gasteiger partial charge in [0.2, 0.25) is 0 Å². The molecule has 1 aliphatic carbocycles. The maximum absolute atomic E-state index is 8.59. The fraction of sp³-hybridized carbons (Fsp3) is 0.562. The lowest BCUT2D eigenvalue weighted by atomic mass is 9.99. The molecule has 1 aliphatic rings. The largest absolute Gasteiger partial charge is 0.478 e. The summed E-state index contributed by atoms with van der Waals surface area (Å²) in [4.78, 5) is 0. The van der Waals surface area contributed by atoms with Gasteiger partial charge in [0.25, 0.3) is 0 Å².